The fourth-order valence-corrected chi connectivity index (χ4v) is 2.95. The highest BCUT2D eigenvalue weighted by atomic mass is 32.1. The standard InChI is InChI=1S/C14H17N3O4S/c1-4-8(2)16(6-11(18)19)12(20)10-5-15-14-17(13(10)21)9(3)7-22-14/h5,7-8H,4,6H2,1-3H3,(H,18,19). The quantitative estimate of drug-likeness (QED) is 0.897. The van der Waals surface area contributed by atoms with E-state index in [1.54, 1.807) is 19.2 Å². The SMILES string of the molecule is CCC(C)N(CC(=O)O)C(=O)c1cnc2scc(C)n2c1=O. The number of carboxylic acids is 1. The van der Waals surface area contributed by atoms with Crippen molar-refractivity contribution in [3.63, 3.8) is 0 Å². The fraction of sp³-hybridized carbons (Fsp3) is 0.429. The zero-order valence-electron chi connectivity index (χ0n) is 12.6. The van der Waals surface area contributed by atoms with Gasteiger partial charge in [0.2, 0.25) is 0 Å². The number of rotatable bonds is 5. The van der Waals surface area contributed by atoms with Gasteiger partial charge in [-0.05, 0) is 20.3 Å². The molecule has 2 rings (SSSR count). The van der Waals surface area contributed by atoms with Crippen LogP contribution in [0.4, 0.5) is 0 Å². The van der Waals surface area contributed by atoms with Gasteiger partial charge in [0.25, 0.3) is 11.5 Å². The number of hydrogen-bond donors (Lipinski definition) is 1. The number of aryl methyl sites for hydroxylation is 1. The highest BCUT2D eigenvalue weighted by molar-refractivity contribution is 7.15. The Hall–Kier alpha value is -2.22. The molecule has 0 radical (unpaired) electrons. The first-order chi connectivity index (χ1) is 10.4. The molecule has 1 atom stereocenters. The molecule has 0 spiro atoms. The van der Waals surface area contributed by atoms with E-state index < -0.39 is 24.0 Å². The minimum atomic E-state index is -1.12. The molecule has 8 heteroatoms. The molecule has 0 saturated heterocycles. The predicted molar refractivity (Wildman–Crippen MR) is 82.5 cm³/mol. The van der Waals surface area contributed by atoms with E-state index in [4.69, 9.17) is 5.11 Å². The Kier molecular flexibility index (Phi) is 4.60. The highest BCUT2D eigenvalue weighted by Crippen LogP contribution is 2.13. The number of carboxylic acid groups (broad SMARTS) is 1. The van der Waals surface area contributed by atoms with Crippen LogP contribution in [0.5, 0.6) is 0 Å². The summed E-state index contributed by atoms with van der Waals surface area (Å²) in [5.74, 6) is -1.72. The molecule has 2 aromatic rings. The first-order valence-electron chi connectivity index (χ1n) is 6.85. The minimum Gasteiger partial charge on any atom is -0.480 e. The Morgan fingerprint density at radius 2 is 2.18 bits per heavy atom. The molecule has 0 fully saturated rings. The fourth-order valence-electron chi connectivity index (χ4n) is 2.12. The molecular formula is C14H17N3O4S. The summed E-state index contributed by atoms with van der Waals surface area (Å²) in [5, 5.41) is 10.8. The van der Waals surface area contributed by atoms with Crippen LogP contribution < -0.4 is 5.56 Å². The number of hydrogen-bond acceptors (Lipinski definition) is 5. The molecule has 0 aliphatic heterocycles. The Labute approximate surface area is 130 Å². The van der Waals surface area contributed by atoms with Gasteiger partial charge < -0.3 is 10.0 Å². The van der Waals surface area contributed by atoms with Gasteiger partial charge in [-0.15, -0.1) is 11.3 Å². The molecule has 0 aliphatic carbocycles. The van der Waals surface area contributed by atoms with Crippen molar-refractivity contribution >= 4 is 28.2 Å². The second kappa shape index (κ2) is 6.27. The average molecular weight is 323 g/mol. The van der Waals surface area contributed by atoms with Crippen LogP contribution in [0.1, 0.15) is 36.3 Å². The van der Waals surface area contributed by atoms with Crippen molar-refractivity contribution in [2.24, 2.45) is 0 Å². The van der Waals surface area contributed by atoms with E-state index in [-0.39, 0.29) is 11.6 Å². The molecule has 2 heterocycles. The van der Waals surface area contributed by atoms with Crippen LogP contribution in [-0.2, 0) is 4.79 Å². The Morgan fingerprint density at radius 1 is 1.50 bits per heavy atom. The molecule has 22 heavy (non-hydrogen) atoms. The lowest BCUT2D eigenvalue weighted by atomic mass is 10.2. The smallest absolute Gasteiger partial charge is 0.323 e. The molecule has 118 valence electrons. The van der Waals surface area contributed by atoms with E-state index in [1.165, 1.54) is 26.8 Å². The molecule has 0 saturated carbocycles. The van der Waals surface area contributed by atoms with E-state index in [1.807, 2.05) is 6.92 Å². The van der Waals surface area contributed by atoms with E-state index in [0.717, 1.165) is 0 Å². The van der Waals surface area contributed by atoms with Gasteiger partial charge in [0.1, 0.15) is 12.1 Å². The summed E-state index contributed by atoms with van der Waals surface area (Å²) in [5.41, 5.74) is 0.119. The third-order valence-corrected chi connectivity index (χ3v) is 4.49. The largest absolute Gasteiger partial charge is 0.480 e. The number of fused-ring (bicyclic) bond motifs is 1. The van der Waals surface area contributed by atoms with Crippen LogP contribution in [-0.4, -0.2) is 43.9 Å². The lowest BCUT2D eigenvalue weighted by Crippen LogP contribution is -2.44. The van der Waals surface area contributed by atoms with Gasteiger partial charge in [0, 0.05) is 23.3 Å². The number of aromatic nitrogens is 2. The van der Waals surface area contributed by atoms with E-state index in [9.17, 15) is 14.4 Å². The maximum atomic E-state index is 12.6. The van der Waals surface area contributed by atoms with Crippen molar-refractivity contribution in [3.05, 3.63) is 33.2 Å². The normalized spacial score (nSPS) is 12.3. The zero-order chi connectivity index (χ0) is 16.4. The summed E-state index contributed by atoms with van der Waals surface area (Å²) < 4.78 is 1.37. The molecule has 1 N–H and O–H groups in total. The molecule has 0 aromatic carbocycles. The third kappa shape index (κ3) is 2.87. The van der Waals surface area contributed by atoms with Crippen molar-refractivity contribution in [1.82, 2.24) is 14.3 Å². The number of nitrogens with zero attached hydrogens (tertiary/aromatic N) is 3. The Morgan fingerprint density at radius 3 is 2.77 bits per heavy atom. The second-order valence-electron chi connectivity index (χ2n) is 5.06. The number of carbonyl (C=O) groups excluding carboxylic acids is 1. The maximum Gasteiger partial charge on any atom is 0.323 e. The van der Waals surface area contributed by atoms with Gasteiger partial charge in [-0.1, -0.05) is 6.92 Å². The van der Waals surface area contributed by atoms with Gasteiger partial charge in [0.15, 0.2) is 4.96 Å². The van der Waals surface area contributed by atoms with Crippen LogP contribution in [0.15, 0.2) is 16.4 Å². The molecule has 1 amide bonds. The molecule has 2 aromatic heterocycles. The van der Waals surface area contributed by atoms with Gasteiger partial charge in [0.05, 0.1) is 0 Å². The predicted octanol–water partition coefficient (Wildman–Crippen LogP) is 1.39. The zero-order valence-corrected chi connectivity index (χ0v) is 13.4. The lowest BCUT2D eigenvalue weighted by molar-refractivity contribution is -0.138. The van der Waals surface area contributed by atoms with Gasteiger partial charge >= 0.3 is 5.97 Å². The van der Waals surface area contributed by atoms with Crippen LogP contribution in [0, 0.1) is 6.92 Å². The topological polar surface area (TPSA) is 92.0 Å². The summed E-state index contributed by atoms with van der Waals surface area (Å²) in [6, 6.07) is -0.285. The Bertz CT molecular complexity index is 780. The highest BCUT2D eigenvalue weighted by Gasteiger charge is 2.26. The van der Waals surface area contributed by atoms with Crippen molar-refractivity contribution in [3.8, 4) is 0 Å². The molecular weight excluding hydrogens is 306 g/mol. The molecule has 0 aliphatic rings. The number of aliphatic carboxylic acids is 1. The second-order valence-corrected chi connectivity index (χ2v) is 5.89. The molecule has 1 unspecified atom stereocenters. The summed E-state index contributed by atoms with van der Waals surface area (Å²) in [7, 11) is 0. The van der Waals surface area contributed by atoms with E-state index in [0.29, 0.717) is 17.1 Å². The van der Waals surface area contributed by atoms with Crippen molar-refractivity contribution in [2.45, 2.75) is 33.2 Å². The summed E-state index contributed by atoms with van der Waals surface area (Å²) in [4.78, 5) is 41.9. The Balaban J connectivity index is 2.51. The lowest BCUT2D eigenvalue weighted by Gasteiger charge is -2.26. The van der Waals surface area contributed by atoms with Crippen molar-refractivity contribution in [2.75, 3.05) is 6.54 Å². The average Bonchev–Trinajstić information content (AvgIpc) is 2.85. The molecule has 0 bridgehead atoms. The van der Waals surface area contributed by atoms with Gasteiger partial charge in [-0.2, -0.15) is 0 Å². The summed E-state index contributed by atoms with van der Waals surface area (Å²) in [6.45, 7) is 4.91. The first kappa shape index (κ1) is 16.2. The van der Waals surface area contributed by atoms with Crippen LogP contribution >= 0.6 is 11.3 Å². The van der Waals surface area contributed by atoms with Crippen molar-refractivity contribution < 1.29 is 14.7 Å². The summed E-state index contributed by atoms with van der Waals surface area (Å²) in [6.07, 6.45) is 1.82. The van der Waals surface area contributed by atoms with Gasteiger partial charge in [-0.25, -0.2) is 4.98 Å². The minimum absolute atomic E-state index is 0.111. The number of thiazole rings is 1. The number of carbonyl (C=O) groups is 2. The maximum absolute atomic E-state index is 12.6. The summed E-state index contributed by atoms with van der Waals surface area (Å²) >= 11 is 1.31. The van der Waals surface area contributed by atoms with Crippen LogP contribution in [0.2, 0.25) is 0 Å². The van der Waals surface area contributed by atoms with Crippen LogP contribution in [0.25, 0.3) is 4.96 Å². The molecule has 7 nitrogen and oxygen atoms in total. The van der Waals surface area contributed by atoms with Gasteiger partial charge in [-0.3, -0.25) is 18.8 Å². The first-order valence-corrected chi connectivity index (χ1v) is 7.73. The monoisotopic (exact) mass is 323 g/mol. The van der Waals surface area contributed by atoms with Crippen LogP contribution in [0.3, 0.4) is 0 Å². The third-order valence-electron chi connectivity index (χ3n) is 3.54. The van der Waals surface area contributed by atoms with E-state index in [2.05, 4.69) is 4.98 Å². The number of amides is 1. The van der Waals surface area contributed by atoms with E-state index >= 15 is 0 Å². The van der Waals surface area contributed by atoms with Crippen molar-refractivity contribution in [1.29, 1.82) is 0 Å².